The Labute approximate surface area is 172 Å². The standard InChI is InChI=1S/C17H27N5O8/c1-8(16(28)22-6-2-3-11(22)17(29)30)20-15(27)10(7-13(24)25)21-14(26)9(18)4-5-12(19)23/h8-11H,2-7,18H2,1H3,(H2,19,23)(H,20,27)(H,21,26)(H,24,25)(H,29,30). The molecule has 13 nitrogen and oxygen atoms in total. The average Bonchev–Trinajstić information content (AvgIpc) is 3.14. The van der Waals surface area contributed by atoms with Crippen molar-refractivity contribution in [3.63, 3.8) is 0 Å². The van der Waals surface area contributed by atoms with Gasteiger partial charge in [0.1, 0.15) is 18.1 Å². The van der Waals surface area contributed by atoms with Crippen molar-refractivity contribution in [2.24, 2.45) is 11.5 Å². The number of primary amides is 1. The lowest BCUT2D eigenvalue weighted by atomic mass is 10.1. The molecule has 1 heterocycles. The number of hydrogen-bond acceptors (Lipinski definition) is 7. The molecule has 4 amide bonds. The van der Waals surface area contributed by atoms with E-state index in [4.69, 9.17) is 16.6 Å². The van der Waals surface area contributed by atoms with E-state index in [1.165, 1.54) is 6.92 Å². The number of nitrogens with one attached hydrogen (secondary N) is 2. The maximum atomic E-state index is 12.5. The van der Waals surface area contributed by atoms with Gasteiger partial charge in [-0.25, -0.2) is 4.79 Å². The van der Waals surface area contributed by atoms with Crippen molar-refractivity contribution >= 4 is 35.6 Å². The fourth-order valence-electron chi connectivity index (χ4n) is 3.00. The average molecular weight is 429 g/mol. The molecule has 0 bridgehead atoms. The monoisotopic (exact) mass is 429 g/mol. The third kappa shape index (κ3) is 7.31. The van der Waals surface area contributed by atoms with Gasteiger partial charge in [-0.1, -0.05) is 0 Å². The minimum absolute atomic E-state index is 0.0942. The number of nitrogens with zero attached hydrogens (tertiary/aromatic N) is 1. The lowest BCUT2D eigenvalue weighted by Gasteiger charge is -2.26. The van der Waals surface area contributed by atoms with Gasteiger partial charge in [0.05, 0.1) is 12.5 Å². The molecule has 0 spiro atoms. The first-order chi connectivity index (χ1) is 13.9. The number of carbonyl (C=O) groups excluding carboxylic acids is 4. The topological polar surface area (TPSA) is 222 Å². The Bertz CT molecular complexity index is 712. The fraction of sp³-hybridized carbons (Fsp3) is 0.647. The first kappa shape index (κ1) is 24.8. The predicted molar refractivity (Wildman–Crippen MR) is 101 cm³/mol. The number of carbonyl (C=O) groups is 6. The Morgan fingerprint density at radius 3 is 2.27 bits per heavy atom. The molecule has 0 radical (unpaired) electrons. The number of aliphatic carboxylic acids is 2. The minimum atomic E-state index is -1.53. The molecule has 4 unspecified atom stereocenters. The van der Waals surface area contributed by atoms with E-state index < -0.39 is 66.2 Å². The zero-order valence-electron chi connectivity index (χ0n) is 16.5. The van der Waals surface area contributed by atoms with Gasteiger partial charge in [0, 0.05) is 13.0 Å². The van der Waals surface area contributed by atoms with E-state index >= 15 is 0 Å². The molecule has 168 valence electrons. The molecule has 0 aliphatic carbocycles. The molecule has 4 atom stereocenters. The third-order valence-electron chi connectivity index (χ3n) is 4.60. The van der Waals surface area contributed by atoms with Crippen molar-refractivity contribution < 1.29 is 39.0 Å². The van der Waals surface area contributed by atoms with Gasteiger partial charge >= 0.3 is 11.9 Å². The van der Waals surface area contributed by atoms with Crippen molar-refractivity contribution in [3.8, 4) is 0 Å². The van der Waals surface area contributed by atoms with Crippen molar-refractivity contribution in [2.45, 2.75) is 63.2 Å². The fourth-order valence-corrected chi connectivity index (χ4v) is 3.00. The van der Waals surface area contributed by atoms with Crippen LogP contribution >= 0.6 is 0 Å². The highest BCUT2D eigenvalue weighted by atomic mass is 16.4. The van der Waals surface area contributed by atoms with Gasteiger partial charge in [-0.15, -0.1) is 0 Å². The summed E-state index contributed by atoms with van der Waals surface area (Å²) in [4.78, 5) is 71.3. The molecule has 1 fully saturated rings. The Hall–Kier alpha value is -3.22. The molecule has 0 aromatic heterocycles. The SMILES string of the molecule is CC(NC(=O)C(CC(=O)O)NC(=O)C(N)CCC(N)=O)C(=O)N1CCCC1C(=O)O. The molecule has 0 aromatic rings. The van der Waals surface area contributed by atoms with Crippen molar-refractivity contribution in [3.05, 3.63) is 0 Å². The predicted octanol–water partition coefficient (Wildman–Crippen LogP) is -2.88. The molecule has 0 saturated carbocycles. The summed E-state index contributed by atoms with van der Waals surface area (Å²) in [5.41, 5.74) is 10.6. The van der Waals surface area contributed by atoms with Crippen LogP contribution in [0, 0.1) is 0 Å². The van der Waals surface area contributed by atoms with Crippen LogP contribution in [0.3, 0.4) is 0 Å². The Morgan fingerprint density at radius 1 is 1.10 bits per heavy atom. The molecule has 1 saturated heterocycles. The lowest BCUT2D eigenvalue weighted by molar-refractivity contribution is -0.149. The molecule has 1 aliphatic heterocycles. The van der Waals surface area contributed by atoms with Gasteiger partial charge in [0.15, 0.2) is 0 Å². The van der Waals surface area contributed by atoms with Crippen LogP contribution < -0.4 is 22.1 Å². The third-order valence-corrected chi connectivity index (χ3v) is 4.60. The van der Waals surface area contributed by atoms with Crippen molar-refractivity contribution in [1.82, 2.24) is 15.5 Å². The summed E-state index contributed by atoms with van der Waals surface area (Å²) in [5, 5.41) is 22.7. The zero-order valence-corrected chi connectivity index (χ0v) is 16.5. The molecule has 30 heavy (non-hydrogen) atoms. The van der Waals surface area contributed by atoms with Gasteiger partial charge in [-0.05, 0) is 26.2 Å². The molecule has 1 rings (SSSR count). The van der Waals surface area contributed by atoms with Crippen LogP contribution in [0.25, 0.3) is 0 Å². The molecular formula is C17H27N5O8. The summed E-state index contributed by atoms with van der Waals surface area (Å²) in [7, 11) is 0. The molecule has 1 aliphatic rings. The smallest absolute Gasteiger partial charge is 0.326 e. The maximum absolute atomic E-state index is 12.5. The van der Waals surface area contributed by atoms with Gasteiger partial charge in [0.2, 0.25) is 23.6 Å². The second-order valence-electron chi connectivity index (χ2n) is 7.03. The number of carboxylic acid groups (broad SMARTS) is 2. The highest BCUT2D eigenvalue weighted by molar-refractivity contribution is 5.95. The number of nitrogens with two attached hydrogens (primary N) is 2. The Balaban J connectivity index is 2.76. The quantitative estimate of drug-likeness (QED) is 0.198. The van der Waals surface area contributed by atoms with E-state index in [2.05, 4.69) is 10.6 Å². The number of hydrogen-bond donors (Lipinski definition) is 6. The largest absolute Gasteiger partial charge is 0.481 e. The van der Waals surface area contributed by atoms with E-state index in [1.807, 2.05) is 0 Å². The number of amides is 4. The normalized spacial score (nSPS) is 18.7. The second kappa shape index (κ2) is 11.1. The van der Waals surface area contributed by atoms with E-state index in [0.29, 0.717) is 12.8 Å². The van der Waals surface area contributed by atoms with Crippen LogP contribution in [0.1, 0.15) is 39.0 Å². The van der Waals surface area contributed by atoms with Crippen LogP contribution in [-0.2, 0) is 28.8 Å². The van der Waals surface area contributed by atoms with Gasteiger partial charge in [0.25, 0.3) is 0 Å². The molecule has 13 heteroatoms. The molecule has 0 aromatic carbocycles. The van der Waals surface area contributed by atoms with E-state index in [9.17, 15) is 33.9 Å². The molecule has 8 N–H and O–H groups in total. The first-order valence-corrected chi connectivity index (χ1v) is 9.33. The maximum Gasteiger partial charge on any atom is 0.326 e. The summed E-state index contributed by atoms with van der Waals surface area (Å²) in [6, 6.07) is -4.86. The van der Waals surface area contributed by atoms with Gasteiger partial charge < -0.3 is 37.2 Å². The van der Waals surface area contributed by atoms with E-state index in [-0.39, 0.29) is 19.4 Å². The molecular weight excluding hydrogens is 402 g/mol. The summed E-state index contributed by atoms with van der Waals surface area (Å²) in [6.45, 7) is 1.55. The summed E-state index contributed by atoms with van der Waals surface area (Å²) >= 11 is 0. The highest BCUT2D eigenvalue weighted by Gasteiger charge is 2.37. The van der Waals surface area contributed by atoms with Crippen molar-refractivity contribution in [1.29, 1.82) is 0 Å². The Morgan fingerprint density at radius 2 is 1.73 bits per heavy atom. The van der Waals surface area contributed by atoms with Crippen LogP contribution in [-0.4, -0.2) is 81.4 Å². The number of likely N-dealkylation sites (tertiary alicyclic amines) is 1. The van der Waals surface area contributed by atoms with Crippen LogP contribution in [0.2, 0.25) is 0 Å². The van der Waals surface area contributed by atoms with Crippen LogP contribution in [0.5, 0.6) is 0 Å². The Kier molecular flexibility index (Phi) is 9.17. The van der Waals surface area contributed by atoms with E-state index in [1.54, 1.807) is 0 Å². The summed E-state index contributed by atoms with van der Waals surface area (Å²) in [5.74, 6) is -5.65. The van der Waals surface area contributed by atoms with Gasteiger partial charge in [-0.3, -0.25) is 24.0 Å². The number of rotatable bonds is 11. The van der Waals surface area contributed by atoms with Gasteiger partial charge in [-0.2, -0.15) is 0 Å². The summed E-state index contributed by atoms with van der Waals surface area (Å²) in [6.07, 6.45) is -0.241. The lowest BCUT2D eigenvalue weighted by Crippen LogP contribution is -2.56. The van der Waals surface area contributed by atoms with E-state index in [0.717, 1.165) is 4.90 Å². The minimum Gasteiger partial charge on any atom is -0.481 e. The zero-order chi connectivity index (χ0) is 23.0. The second-order valence-corrected chi connectivity index (χ2v) is 7.03. The van der Waals surface area contributed by atoms with Crippen LogP contribution in [0.4, 0.5) is 0 Å². The first-order valence-electron chi connectivity index (χ1n) is 9.33. The number of carboxylic acids is 2. The summed E-state index contributed by atoms with van der Waals surface area (Å²) < 4.78 is 0. The highest BCUT2D eigenvalue weighted by Crippen LogP contribution is 2.18. The van der Waals surface area contributed by atoms with Crippen molar-refractivity contribution in [2.75, 3.05) is 6.54 Å². The van der Waals surface area contributed by atoms with Crippen LogP contribution in [0.15, 0.2) is 0 Å².